The topological polar surface area (TPSA) is 106 Å². The SMILES string of the molecule is CCOc1ccc(CC(=O)NNC(=O)CCC(=O)Nc2cccc(Cl)c2C)cc1OCC. The summed E-state index contributed by atoms with van der Waals surface area (Å²) in [6.45, 7) is 6.50. The highest BCUT2D eigenvalue weighted by Gasteiger charge is 2.12. The summed E-state index contributed by atoms with van der Waals surface area (Å²) >= 11 is 6.03. The van der Waals surface area contributed by atoms with Crippen LogP contribution in [0, 0.1) is 6.92 Å². The van der Waals surface area contributed by atoms with Crippen molar-refractivity contribution in [1.82, 2.24) is 10.9 Å². The minimum atomic E-state index is -0.474. The molecule has 3 amide bonds. The molecule has 0 atom stereocenters. The number of ether oxygens (including phenoxy) is 2. The molecule has 32 heavy (non-hydrogen) atoms. The number of rotatable bonds is 10. The van der Waals surface area contributed by atoms with E-state index in [1.807, 2.05) is 13.8 Å². The molecule has 0 saturated carbocycles. The van der Waals surface area contributed by atoms with Crippen molar-refractivity contribution >= 4 is 35.0 Å². The number of hydrogen-bond donors (Lipinski definition) is 3. The van der Waals surface area contributed by atoms with Crippen LogP contribution in [0.3, 0.4) is 0 Å². The molecule has 0 radical (unpaired) electrons. The largest absolute Gasteiger partial charge is 0.490 e. The van der Waals surface area contributed by atoms with Crippen molar-refractivity contribution < 1.29 is 23.9 Å². The van der Waals surface area contributed by atoms with Crippen LogP contribution < -0.4 is 25.6 Å². The molecule has 2 aromatic rings. The quantitative estimate of drug-likeness (QED) is 0.469. The molecular formula is C23H28ClN3O5. The molecule has 2 aromatic carbocycles. The Morgan fingerprint density at radius 1 is 0.875 bits per heavy atom. The number of anilines is 1. The van der Waals surface area contributed by atoms with Gasteiger partial charge in [0.2, 0.25) is 17.7 Å². The van der Waals surface area contributed by atoms with Gasteiger partial charge in [-0.2, -0.15) is 0 Å². The third-order valence-electron chi connectivity index (χ3n) is 4.43. The fraction of sp³-hybridized carbons (Fsp3) is 0.348. The van der Waals surface area contributed by atoms with Gasteiger partial charge >= 0.3 is 0 Å². The summed E-state index contributed by atoms with van der Waals surface area (Å²) in [6.07, 6.45) is -0.0746. The molecule has 3 N–H and O–H groups in total. The first kappa shape index (κ1) is 25.0. The van der Waals surface area contributed by atoms with Crippen LogP contribution in [0.2, 0.25) is 5.02 Å². The molecule has 0 aliphatic heterocycles. The lowest BCUT2D eigenvalue weighted by atomic mass is 10.1. The van der Waals surface area contributed by atoms with Crippen molar-refractivity contribution in [3.8, 4) is 11.5 Å². The van der Waals surface area contributed by atoms with E-state index in [0.29, 0.717) is 41.0 Å². The first-order valence-electron chi connectivity index (χ1n) is 10.3. The fourth-order valence-electron chi connectivity index (χ4n) is 2.82. The van der Waals surface area contributed by atoms with Crippen LogP contribution in [0.4, 0.5) is 5.69 Å². The molecule has 0 heterocycles. The maximum absolute atomic E-state index is 12.2. The third-order valence-corrected chi connectivity index (χ3v) is 4.84. The molecule has 0 bridgehead atoms. The van der Waals surface area contributed by atoms with Gasteiger partial charge in [-0.1, -0.05) is 23.7 Å². The monoisotopic (exact) mass is 461 g/mol. The number of nitrogens with one attached hydrogen (secondary N) is 3. The van der Waals surface area contributed by atoms with E-state index in [0.717, 1.165) is 5.56 Å². The second-order valence-corrected chi connectivity index (χ2v) is 7.29. The van der Waals surface area contributed by atoms with E-state index in [9.17, 15) is 14.4 Å². The van der Waals surface area contributed by atoms with Crippen molar-refractivity contribution in [3.63, 3.8) is 0 Å². The Bertz CT molecular complexity index is 965. The molecule has 0 unspecified atom stereocenters. The van der Waals surface area contributed by atoms with E-state index in [4.69, 9.17) is 21.1 Å². The van der Waals surface area contributed by atoms with Gasteiger partial charge in [0.15, 0.2) is 11.5 Å². The third kappa shape index (κ3) is 7.77. The number of carbonyl (C=O) groups excluding carboxylic acids is 3. The van der Waals surface area contributed by atoms with E-state index in [2.05, 4.69) is 16.2 Å². The van der Waals surface area contributed by atoms with E-state index >= 15 is 0 Å². The minimum Gasteiger partial charge on any atom is -0.490 e. The lowest BCUT2D eigenvalue weighted by Crippen LogP contribution is -2.42. The van der Waals surface area contributed by atoms with Gasteiger partial charge in [0.1, 0.15) is 0 Å². The van der Waals surface area contributed by atoms with E-state index in [1.54, 1.807) is 43.3 Å². The zero-order chi connectivity index (χ0) is 23.5. The van der Waals surface area contributed by atoms with Gasteiger partial charge in [-0.05, 0) is 56.2 Å². The Labute approximate surface area is 192 Å². The summed E-state index contributed by atoms with van der Waals surface area (Å²) in [4.78, 5) is 36.2. The highest BCUT2D eigenvalue weighted by Crippen LogP contribution is 2.28. The summed E-state index contributed by atoms with van der Waals surface area (Å²) in [6, 6.07) is 10.4. The Balaban J connectivity index is 1.78. The lowest BCUT2D eigenvalue weighted by Gasteiger charge is -2.13. The van der Waals surface area contributed by atoms with Crippen LogP contribution in [-0.2, 0) is 20.8 Å². The van der Waals surface area contributed by atoms with Gasteiger partial charge in [-0.15, -0.1) is 0 Å². The van der Waals surface area contributed by atoms with Crippen LogP contribution >= 0.6 is 11.6 Å². The van der Waals surface area contributed by atoms with Crippen LogP contribution in [0.15, 0.2) is 36.4 Å². The zero-order valence-corrected chi connectivity index (χ0v) is 19.2. The average molecular weight is 462 g/mol. The molecule has 0 aliphatic rings. The Morgan fingerprint density at radius 3 is 2.25 bits per heavy atom. The Hall–Kier alpha value is -3.26. The van der Waals surface area contributed by atoms with Crippen LogP contribution in [-0.4, -0.2) is 30.9 Å². The van der Waals surface area contributed by atoms with Crippen molar-refractivity contribution in [1.29, 1.82) is 0 Å². The highest BCUT2D eigenvalue weighted by molar-refractivity contribution is 6.31. The van der Waals surface area contributed by atoms with Crippen molar-refractivity contribution in [2.24, 2.45) is 0 Å². The van der Waals surface area contributed by atoms with Gasteiger partial charge < -0.3 is 14.8 Å². The summed E-state index contributed by atoms with van der Waals surface area (Å²) in [5.74, 6) is -0.0284. The van der Waals surface area contributed by atoms with E-state index in [1.165, 1.54) is 0 Å². The maximum atomic E-state index is 12.2. The molecular weight excluding hydrogens is 434 g/mol. The molecule has 172 valence electrons. The molecule has 0 aliphatic carbocycles. The smallest absolute Gasteiger partial charge is 0.242 e. The van der Waals surface area contributed by atoms with Gasteiger partial charge in [-0.3, -0.25) is 25.2 Å². The number of halogens is 1. The fourth-order valence-corrected chi connectivity index (χ4v) is 2.99. The number of amides is 3. The predicted molar refractivity (Wildman–Crippen MR) is 123 cm³/mol. The molecule has 0 spiro atoms. The minimum absolute atomic E-state index is 0.0374. The van der Waals surface area contributed by atoms with Crippen LogP contribution in [0.1, 0.15) is 37.8 Å². The van der Waals surface area contributed by atoms with Gasteiger partial charge in [0.05, 0.1) is 19.6 Å². The zero-order valence-electron chi connectivity index (χ0n) is 18.4. The van der Waals surface area contributed by atoms with Gasteiger partial charge in [-0.25, -0.2) is 0 Å². The lowest BCUT2D eigenvalue weighted by molar-refractivity contribution is -0.129. The van der Waals surface area contributed by atoms with Gasteiger partial charge in [0.25, 0.3) is 0 Å². The number of carbonyl (C=O) groups is 3. The van der Waals surface area contributed by atoms with Crippen LogP contribution in [0.5, 0.6) is 11.5 Å². The van der Waals surface area contributed by atoms with E-state index in [-0.39, 0.29) is 25.2 Å². The first-order chi connectivity index (χ1) is 15.3. The summed E-state index contributed by atoms with van der Waals surface area (Å²) < 4.78 is 11.1. The second-order valence-electron chi connectivity index (χ2n) is 6.88. The van der Waals surface area contributed by atoms with Crippen molar-refractivity contribution in [2.45, 2.75) is 40.0 Å². The Morgan fingerprint density at radius 2 is 1.53 bits per heavy atom. The average Bonchev–Trinajstić information content (AvgIpc) is 2.76. The first-order valence-corrected chi connectivity index (χ1v) is 10.7. The van der Waals surface area contributed by atoms with Crippen molar-refractivity contribution in [3.05, 3.63) is 52.5 Å². The number of benzene rings is 2. The predicted octanol–water partition coefficient (Wildman–Crippen LogP) is 3.55. The molecule has 0 fully saturated rings. The highest BCUT2D eigenvalue weighted by atomic mass is 35.5. The van der Waals surface area contributed by atoms with Crippen LogP contribution in [0.25, 0.3) is 0 Å². The summed E-state index contributed by atoms with van der Waals surface area (Å²) in [5, 5.41) is 3.27. The standard InChI is InChI=1S/C23H28ClN3O5/c1-4-31-19-10-9-16(13-20(19)32-5-2)14-23(30)27-26-22(29)12-11-21(28)25-18-8-6-7-17(24)15(18)3/h6-10,13H,4-5,11-12,14H2,1-3H3,(H,25,28)(H,26,29)(H,27,30). The van der Waals surface area contributed by atoms with Crippen molar-refractivity contribution in [2.75, 3.05) is 18.5 Å². The molecule has 8 nitrogen and oxygen atoms in total. The molecule has 0 saturated heterocycles. The Kier molecular flexibility index (Phi) is 9.81. The summed E-state index contributed by atoms with van der Waals surface area (Å²) in [5.41, 5.74) is 6.73. The van der Waals surface area contributed by atoms with E-state index < -0.39 is 11.8 Å². The number of hydrazine groups is 1. The molecule has 0 aromatic heterocycles. The summed E-state index contributed by atoms with van der Waals surface area (Å²) in [7, 11) is 0. The molecule has 9 heteroatoms. The second kappa shape index (κ2) is 12.6. The maximum Gasteiger partial charge on any atom is 0.242 e. The number of hydrogen-bond acceptors (Lipinski definition) is 5. The molecule has 2 rings (SSSR count). The van der Waals surface area contributed by atoms with Gasteiger partial charge in [0, 0.05) is 23.6 Å². The normalized spacial score (nSPS) is 10.2.